The van der Waals surface area contributed by atoms with Crippen LogP contribution in [0.3, 0.4) is 0 Å². The number of nitrogens with one attached hydrogen (secondary N) is 1. The fourth-order valence-electron chi connectivity index (χ4n) is 3.61. The Morgan fingerprint density at radius 2 is 1.50 bits per heavy atom. The van der Waals surface area contributed by atoms with Crippen molar-refractivity contribution in [3.8, 4) is 0 Å². The molecule has 0 aliphatic carbocycles. The lowest BCUT2D eigenvalue weighted by Crippen LogP contribution is -2.57. The number of hydrogen-bond donors (Lipinski definition) is 3. The van der Waals surface area contributed by atoms with E-state index in [0.717, 1.165) is 17.7 Å². The number of anilines is 1. The summed E-state index contributed by atoms with van der Waals surface area (Å²) in [6.45, 7) is 6.73. The van der Waals surface area contributed by atoms with Gasteiger partial charge in [-0.15, -0.1) is 0 Å². The Balaban J connectivity index is 2.51. The van der Waals surface area contributed by atoms with Gasteiger partial charge in [-0.1, -0.05) is 64.0 Å². The first-order chi connectivity index (χ1) is 14.2. The van der Waals surface area contributed by atoms with Gasteiger partial charge in [0.25, 0.3) is 0 Å². The molecule has 6 nitrogen and oxygen atoms in total. The fraction of sp³-hybridized carbons (Fsp3) is 0.667. The van der Waals surface area contributed by atoms with Gasteiger partial charge in [-0.25, -0.2) is 4.79 Å². The van der Waals surface area contributed by atoms with Gasteiger partial charge in [0.2, 0.25) is 5.91 Å². The second kappa shape index (κ2) is 13.3. The smallest absolute Gasteiger partial charge is 0.408 e. The van der Waals surface area contributed by atoms with Gasteiger partial charge in [0, 0.05) is 11.2 Å². The Morgan fingerprint density at radius 1 is 0.967 bits per heavy atom. The minimum absolute atomic E-state index is 0.536. The number of carbonyl (C=O) groups excluding carboxylic acids is 1. The molecular formula is C24H40N2O4. The van der Waals surface area contributed by atoms with Crippen molar-refractivity contribution in [2.45, 2.75) is 97.1 Å². The number of carbonyl (C=O) groups is 2. The lowest BCUT2D eigenvalue weighted by Gasteiger charge is -2.37. The van der Waals surface area contributed by atoms with E-state index in [1.165, 1.54) is 50.5 Å². The van der Waals surface area contributed by atoms with E-state index in [4.69, 9.17) is 0 Å². The van der Waals surface area contributed by atoms with Crippen LogP contribution in [0.5, 0.6) is 0 Å². The lowest BCUT2D eigenvalue weighted by molar-refractivity contribution is -0.124. The van der Waals surface area contributed by atoms with Crippen molar-refractivity contribution in [2.24, 2.45) is 0 Å². The number of hydrogen-bond acceptors (Lipinski definition) is 3. The maximum absolute atomic E-state index is 12.6. The molecule has 0 aliphatic heterocycles. The highest BCUT2D eigenvalue weighted by Crippen LogP contribution is 2.20. The molecule has 30 heavy (non-hydrogen) atoms. The van der Waals surface area contributed by atoms with Gasteiger partial charge in [-0.2, -0.15) is 0 Å². The first-order valence-electron chi connectivity index (χ1n) is 11.2. The summed E-state index contributed by atoms with van der Waals surface area (Å²) >= 11 is 0. The number of aryl methyl sites for hydroxylation is 1. The van der Waals surface area contributed by atoms with Gasteiger partial charge >= 0.3 is 6.09 Å². The molecule has 0 radical (unpaired) electrons. The van der Waals surface area contributed by atoms with Crippen LogP contribution in [0.25, 0.3) is 0 Å². The average molecular weight is 421 g/mol. The highest BCUT2D eigenvalue weighted by Gasteiger charge is 2.37. The van der Waals surface area contributed by atoms with Crippen LogP contribution in [0.1, 0.15) is 84.6 Å². The quantitative estimate of drug-likeness (QED) is 0.370. The third kappa shape index (κ3) is 9.16. The van der Waals surface area contributed by atoms with Gasteiger partial charge in [0.1, 0.15) is 6.04 Å². The molecule has 1 atom stereocenters. The number of aliphatic hydroxyl groups is 1. The molecule has 0 aromatic heterocycles. The van der Waals surface area contributed by atoms with Crippen LogP contribution in [0, 0.1) is 0 Å². The van der Waals surface area contributed by atoms with Crippen LogP contribution in [0.2, 0.25) is 0 Å². The molecule has 0 saturated heterocycles. The van der Waals surface area contributed by atoms with Crippen LogP contribution < -0.4 is 5.32 Å². The van der Waals surface area contributed by atoms with E-state index in [1.807, 2.05) is 24.3 Å². The minimum atomic E-state index is -1.24. The molecule has 0 heterocycles. The molecule has 0 saturated carbocycles. The second-order valence-corrected chi connectivity index (χ2v) is 8.93. The third-order valence-corrected chi connectivity index (χ3v) is 5.26. The summed E-state index contributed by atoms with van der Waals surface area (Å²) in [4.78, 5) is 25.2. The van der Waals surface area contributed by atoms with Crippen LogP contribution in [-0.4, -0.2) is 45.3 Å². The summed E-state index contributed by atoms with van der Waals surface area (Å²) in [5.74, 6) is -0.536. The maximum Gasteiger partial charge on any atom is 0.408 e. The lowest BCUT2D eigenvalue weighted by atomic mass is 10.0. The van der Waals surface area contributed by atoms with E-state index in [1.54, 1.807) is 20.8 Å². The highest BCUT2D eigenvalue weighted by atomic mass is 16.4. The largest absolute Gasteiger partial charge is 0.465 e. The number of aliphatic hydroxyl groups excluding tert-OH is 1. The minimum Gasteiger partial charge on any atom is -0.465 e. The standard InChI is InChI=1S/C24H40N2O4/c1-5-6-7-8-9-10-11-12-13-19-14-16-20(17-15-19)25-22(28)21(18-27)26(23(29)30)24(2,3)4/h14-17,21,27H,5-13,18H2,1-4H3,(H,25,28)(H,29,30)/t21-/m1/s1. The first-order valence-corrected chi connectivity index (χ1v) is 11.2. The average Bonchev–Trinajstić information content (AvgIpc) is 2.67. The van der Waals surface area contributed by atoms with Crippen molar-refractivity contribution in [3.63, 3.8) is 0 Å². The van der Waals surface area contributed by atoms with Crippen molar-refractivity contribution in [3.05, 3.63) is 29.8 Å². The van der Waals surface area contributed by atoms with Crippen LogP contribution in [0.4, 0.5) is 10.5 Å². The predicted octanol–water partition coefficient (Wildman–Crippen LogP) is 5.45. The monoisotopic (exact) mass is 420 g/mol. The summed E-state index contributed by atoms with van der Waals surface area (Å²) in [6.07, 6.45) is 10.1. The fourth-order valence-corrected chi connectivity index (χ4v) is 3.61. The molecule has 6 heteroatoms. The number of carboxylic acid groups (broad SMARTS) is 1. The van der Waals surface area contributed by atoms with Crippen molar-refractivity contribution >= 4 is 17.7 Å². The Morgan fingerprint density at radius 3 is 1.97 bits per heavy atom. The Bertz CT molecular complexity index is 638. The summed E-state index contributed by atoms with van der Waals surface area (Å²) < 4.78 is 0. The van der Waals surface area contributed by atoms with Gasteiger partial charge in [0.15, 0.2) is 0 Å². The zero-order valence-electron chi connectivity index (χ0n) is 19.1. The molecule has 3 N–H and O–H groups in total. The van der Waals surface area contributed by atoms with E-state index >= 15 is 0 Å². The number of amides is 2. The first kappa shape index (κ1) is 26.0. The molecule has 1 aromatic carbocycles. The summed E-state index contributed by atoms with van der Waals surface area (Å²) in [5.41, 5.74) is 1.01. The predicted molar refractivity (Wildman–Crippen MR) is 122 cm³/mol. The van der Waals surface area contributed by atoms with Gasteiger partial charge < -0.3 is 15.5 Å². The van der Waals surface area contributed by atoms with E-state index in [0.29, 0.717) is 5.69 Å². The number of nitrogens with zero attached hydrogens (tertiary/aromatic N) is 1. The summed E-state index contributed by atoms with van der Waals surface area (Å²) in [6, 6.07) is 6.47. The maximum atomic E-state index is 12.6. The van der Waals surface area contributed by atoms with E-state index in [2.05, 4.69) is 12.2 Å². The molecule has 0 fully saturated rings. The van der Waals surface area contributed by atoms with Gasteiger partial charge in [0.05, 0.1) is 6.61 Å². The van der Waals surface area contributed by atoms with Crippen LogP contribution in [-0.2, 0) is 11.2 Å². The third-order valence-electron chi connectivity index (χ3n) is 5.26. The number of rotatable bonds is 13. The molecule has 0 spiro atoms. The topological polar surface area (TPSA) is 89.9 Å². The van der Waals surface area contributed by atoms with Crippen LogP contribution >= 0.6 is 0 Å². The SMILES string of the molecule is CCCCCCCCCCc1ccc(NC(=O)[C@@H](CO)N(C(=O)O)C(C)(C)C)cc1. The van der Waals surface area contributed by atoms with Gasteiger partial charge in [-0.05, 0) is 51.3 Å². The normalized spacial score (nSPS) is 12.4. The van der Waals surface area contributed by atoms with Crippen LogP contribution in [0.15, 0.2) is 24.3 Å². The Kier molecular flexibility index (Phi) is 11.5. The van der Waals surface area contributed by atoms with E-state index in [9.17, 15) is 19.8 Å². The number of benzene rings is 1. The Labute approximate surface area is 181 Å². The summed E-state index contributed by atoms with van der Waals surface area (Å²) in [7, 11) is 0. The Hall–Kier alpha value is -2.08. The molecule has 1 rings (SSSR count). The molecule has 0 aliphatic rings. The second-order valence-electron chi connectivity index (χ2n) is 8.93. The molecule has 170 valence electrons. The van der Waals surface area contributed by atoms with Crippen molar-refractivity contribution in [2.75, 3.05) is 11.9 Å². The molecule has 2 amide bonds. The van der Waals surface area contributed by atoms with E-state index < -0.39 is 30.2 Å². The van der Waals surface area contributed by atoms with Gasteiger partial charge in [-0.3, -0.25) is 9.69 Å². The molecule has 0 unspecified atom stereocenters. The molecule has 0 bridgehead atoms. The summed E-state index contributed by atoms with van der Waals surface area (Å²) in [5, 5.41) is 21.8. The van der Waals surface area contributed by atoms with Crippen molar-refractivity contribution in [1.29, 1.82) is 0 Å². The molecular weight excluding hydrogens is 380 g/mol. The van der Waals surface area contributed by atoms with Crippen molar-refractivity contribution in [1.82, 2.24) is 4.90 Å². The zero-order valence-corrected chi connectivity index (χ0v) is 19.1. The van der Waals surface area contributed by atoms with Crippen molar-refractivity contribution < 1.29 is 19.8 Å². The van der Waals surface area contributed by atoms with E-state index in [-0.39, 0.29) is 0 Å². The molecule has 1 aromatic rings. The number of unbranched alkanes of at least 4 members (excludes halogenated alkanes) is 7. The zero-order chi connectivity index (χ0) is 22.6. The highest BCUT2D eigenvalue weighted by molar-refractivity contribution is 5.96.